The number of hydrogen-bond donors (Lipinski definition) is 1. The molecular formula is C16H17NO2. The number of hydrogen-bond acceptors (Lipinski definition) is 3. The monoisotopic (exact) mass is 255 g/mol. The Kier molecular flexibility index (Phi) is 3.38. The van der Waals surface area contributed by atoms with Gasteiger partial charge in [-0.3, -0.25) is 0 Å². The molecule has 0 bridgehead atoms. The summed E-state index contributed by atoms with van der Waals surface area (Å²) in [6, 6.07) is 18.4. The number of anilines is 1. The molecular weight excluding hydrogens is 238 g/mol. The maximum Gasteiger partial charge on any atom is 0.142 e. The van der Waals surface area contributed by atoms with E-state index in [9.17, 15) is 5.11 Å². The number of β-amino-alcohol motifs (C(OH)–C–C–N with tert-alkyl or cyclic N) is 1. The van der Waals surface area contributed by atoms with Gasteiger partial charge in [-0.1, -0.05) is 42.5 Å². The molecule has 1 aliphatic heterocycles. The lowest BCUT2D eigenvalue weighted by Crippen LogP contribution is -2.38. The van der Waals surface area contributed by atoms with Crippen LogP contribution < -0.4 is 9.64 Å². The van der Waals surface area contributed by atoms with E-state index in [-0.39, 0.29) is 12.6 Å². The number of ether oxygens (including phenoxy) is 1. The average molecular weight is 255 g/mol. The maximum absolute atomic E-state index is 9.33. The number of rotatable bonds is 3. The number of nitrogens with zero attached hydrogens (tertiary/aromatic N) is 1. The van der Waals surface area contributed by atoms with Gasteiger partial charge in [0.1, 0.15) is 12.4 Å². The van der Waals surface area contributed by atoms with E-state index in [2.05, 4.69) is 17.0 Å². The van der Waals surface area contributed by atoms with Gasteiger partial charge in [0.2, 0.25) is 0 Å². The molecule has 1 unspecified atom stereocenters. The van der Waals surface area contributed by atoms with Gasteiger partial charge in [-0.05, 0) is 17.7 Å². The molecule has 0 fully saturated rings. The summed E-state index contributed by atoms with van der Waals surface area (Å²) in [6.45, 7) is 1.36. The fourth-order valence-corrected chi connectivity index (χ4v) is 2.58. The highest BCUT2D eigenvalue weighted by molar-refractivity contribution is 5.61. The van der Waals surface area contributed by atoms with E-state index in [4.69, 9.17) is 4.74 Å². The highest BCUT2D eigenvalue weighted by Gasteiger charge is 2.27. The lowest BCUT2D eigenvalue weighted by atomic mass is 10.0. The summed E-state index contributed by atoms with van der Waals surface area (Å²) in [5, 5.41) is 9.33. The SMILES string of the molecule is OCCN1c2ccccc2OCC1c1ccccc1. The molecule has 2 aromatic carbocycles. The Bertz CT molecular complexity index is 541. The molecule has 1 heterocycles. The van der Waals surface area contributed by atoms with E-state index in [0.717, 1.165) is 11.4 Å². The van der Waals surface area contributed by atoms with Crippen LogP contribution in [0.4, 0.5) is 5.69 Å². The van der Waals surface area contributed by atoms with Gasteiger partial charge in [0.25, 0.3) is 0 Å². The van der Waals surface area contributed by atoms with Crippen molar-refractivity contribution in [1.29, 1.82) is 0 Å². The number of benzene rings is 2. The molecule has 0 saturated carbocycles. The minimum absolute atomic E-state index is 0.137. The molecule has 1 atom stereocenters. The molecule has 1 N–H and O–H groups in total. The van der Waals surface area contributed by atoms with Crippen molar-refractivity contribution in [2.45, 2.75) is 6.04 Å². The van der Waals surface area contributed by atoms with Crippen LogP contribution in [0.3, 0.4) is 0 Å². The van der Waals surface area contributed by atoms with Crippen LogP contribution in [-0.4, -0.2) is 24.9 Å². The van der Waals surface area contributed by atoms with Crippen molar-refractivity contribution in [3.63, 3.8) is 0 Å². The van der Waals surface area contributed by atoms with Crippen LogP contribution in [0.25, 0.3) is 0 Å². The second-order valence-corrected chi connectivity index (χ2v) is 4.62. The van der Waals surface area contributed by atoms with Crippen molar-refractivity contribution in [3.05, 3.63) is 60.2 Å². The van der Waals surface area contributed by atoms with E-state index >= 15 is 0 Å². The number of aliphatic hydroxyl groups excluding tert-OH is 1. The summed E-state index contributed by atoms with van der Waals surface area (Å²) in [4.78, 5) is 2.22. The van der Waals surface area contributed by atoms with Gasteiger partial charge in [0, 0.05) is 6.54 Å². The zero-order chi connectivity index (χ0) is 13.1. The third kappa shape index (κ3) is 2.29. The summed E-state index contributed by atoms with van der Waals surface area (Å²) in [5.41, 5.74) is 2.27. The van der Waals surface area contributed by atoms with E-state index in [1.165, 1.54) is 5.56 Å². The molecule has 3 heteroatoms. The van der Waals surface area contributed by atoms with Gasteiger partial charge >= 0.3 is 0 Å². The lowest BCUT2D eigenvalue weighted by molar-refractivity contribution is 0.245. The smallest absolute Gasteiger partial charge is 0.142 e. The van der Waals surface area contributed by atoms with Crippen LogP contribution in [0.1, 0.15) is 11.6 Å². The van der Waals surface area contributed by atoms with Crippen molar-refractivity contribution >= 4 is 5.69 Å². The molecule has 0 spiro atoms. The summed E-state index contributed by atoms with van der Waals surface area (Å²) >= 11 is 0. The highest BCUT2D eigenvalue weighted by Crippen LogP contribution is 2.38. The van der Waals surface area contributed by atoms with Crippen molar-refractivity contribution in [2.75, 3.05) is 24.7 Å². The normalized spacial score (nSPS) is 17.7. The molecule has 0 aliphatic carbocycles. The third-order valence-electron chi connectivity index (χ3n) is 3.47. The summed E-state index contributed by atoms with van der Waals surface area (Å²) < 4.78 is 5.84. The van der Waals surface area contributed by atoms with Crippen molar-refractivity contribution in [1.82, 2.24) is 0 Å². The van der Waals surface area contributed by atoms with E-state index < -0.39 is 0 Å². The summed E-state index contributed by atoms with van der Waals surface area (Å²) in [7, 11) is 0. The van der Waals surface area contributed by atoms with Crippen LogP contribution in [0.5, 0.6) is 5.75 Å². The van der Waals surface area contributed by atoms with Crippen molar-refractivity contribution in [2.24, 2.45) is 0 Å². The summed E-state index contributed by atoms with van der Waals surface area (Å²) in [6.07, 6.45) is 0. The van der Waals surface area contributed by atoms with Gasteiger partial charge in [0.15, 0.2) is 0 Å². The Morgan fingerprint density at radius 3 is 2.58 bits per heavy atom. The molecule has 0 amide bonds. The molecule has 0 radical (unpaired) electrons. The second kappa shape index (κ2) is 5.33. The number of aliphatic hydroxyl groups is 1. The van der Waals surface area contributed by atoms with E-state index in [1.807, 2.05) is 42.5 Å². The largest absolute Gasteiger partial charge is 0.489 e. The highest BCUT2D eigenvalue weighted by atomic mass is 16.5. The Morgan fingerprint density at radius 1 is 1.05 bits per heavy atom. The Hall–Kier alpha value is -2.00. The second-order valence-electron chi connectivity index (χ2n) is 4.62. The first-order chi connectivity index (χ1) is 9.40. The Balaban J connectivity index is 1.98. The third-order valence-corrected chi connectivity index (χ3v) is 3.47. The predicted octanol–water partition coefficient (Wildman–Crippen LogP) is 2.62. The molecule has 3 nitrogen and oxygen atoms in total. The minimum atomic E-state index is 0.137. The van der Waals surface area contributed by atoms with Gasteiger partial charge in [-0.2, -0.15) is 0 Å². The molecule has 0 aromatic heterocycles. The van der Waals surface area contributed by atoms with Crippen molar-refractivity contribution in [3.8, 4) is 5.75 Å². The zero-order valence-electron chi connectivity index (χ0n) is 10.7. The van der Waals surface area contributed by atoms with Gasteiger partial charge < -0.3 is 14.7 Å². The molecule has 3 rings (SSSR count). The topological polar surface area (TPSA) is 32.7 Å². The van der Waals surface area contributed by atoms with Crippen LogP contribution >= 0.6 is 0 Å². The Labute approximate surface area is 113 Å². The quantitative estimate of drug-likeness (QED) is 0.915. The lowest BCUT2D eigenvalue weighted by Gasteiger charge is -2.38. The first-order valence-electron chi connectivity index (χ1n) is 6.54. The predicted molar refractivity (Wildman–Crippen MR) is 75.6 cm³/mol. The number of fused-ring (bicyclic) bond motifs is 1. The van der Waals surface area contributed by atoms with Gasteiger partial charge in [-0.15, -0.1) is 0 Å². The number of para-hydroxylation sites is 2. The fraction of sp³-hybridized carbons (Fsp3) is 0.250. The molecule has 0 saturated heterocycles. The van der Waals surface area contributed by atoms with Crippen LogP contribution in [-0.2, 0) is 0 Å². The maximum atomic E-state index is 9.33. The molecule has 98 valence electrons. The summed E-state index contributed by atoms with van der Waals surface area (Å²) in [5.74, 6) is 0.892. The fourth-order valence-electron chi connectivity index (χ4n) is 2.58. The molecule has 1 aliphatic rings. The van der Waals surface area contributed by atoms with Crippen LogP contribution in [0.2, 0.25) is 0 Å². The zero-order valence-corrected chi connectivity index (χ0v) is 10.7. The first kappa shape index (κ1) is 12.1. The van der Waals surface area contributed by atoms with Gasteiger partial charge in [-0.25, -0.2) is 0 Å². The first-order valence-corrected chi connectivity index (χ1v) is 6.54. The molecule has 2 aromatic rings. The van der Waals surface area contributed by atoms with Crippen LogP contribution in [0, 0.1) is 0 Å². The van der Waals surface area contributed by atoms with E-state index in [1.54, 1.807) is 0 Å². The van der Waals surface area contributed by atoms with E-state index in [0.29, 0.717) is 13.2 Å². The average Bonchev–Trinajstić information content (AvgIpc) is 2.49. The van der Waals surface area contributed by atoms with Crippen molar-refractivity contribution < 1.29 is 9.84 Å². The molecule has 19 heavy (non-hydrogen) atoms. The van der Waals surface area contributed by atoms with Crippen LogP contribution in [0.15, 0.2) is 54.6 Å². The van der Waals surface area contributed by atoms with Gasteiger partial charge in [0.05, 0.1) is 18.3 Å². The standard InChI is InChI=1S/C16H17NO2/c18-11-10-17-14-8-4-5-9-16(14)19-12-15(17)13-6-2-1-3-7-13/h1-9,15,18H,10-12H2. The Morgan fingerprint density at radius 2 is 1.79 bits per heavy atom. The minimum Gasteiger partial charge on any atom is -0.489 e.